The van der Waals surface area contributed by atoms with Gasteiger partial charge in [0, 0.05) is 45.5 Å². The van der Waals surface area contributed by atoms with Crippen LogP contribution in [0.25, 0.3) is 0 Å². The molecule has 1 aromatic heterocycles. The Morgan fingerprint density at radius 3 is 2.55 bits per heavy atom. The van der Waals surface area contributed by atoms with Gasteiger partial charge in [-0.3, -0.25) is 4.90 Å². The van der Waals surface area contributed by atoms with Gasteiger partial charge in [-0.2, -0.15) is 0 Å². The number of tetrazole rings is 1. The third-order valence-electron chi connectivity index (χ3n) is 6.92. The molecule has 2 aliphatic heterocycles. The Morgan fingerprint density at radius 1 is 1.12 bits per heavy atom. The molecule has 3 heterocycles. The van der Waals surface area contributed by atoms with Crippen LogP contribution in [0.1, 0.15) is 37.3 Å². The van der Waals surface area contributed by atoms with Crippen LogP contribution in [0.2, 0.25) is 10.0 Å². The number of methoxy groups -OCH3 is 2. The van der Waals surface area contributed by atoms with E-state index in [0.717, 1.165) is 32.7 Å². The van der Waals surface area contributed by atoms with E-state index in [1.807, 2.05) is 0 Å². The molecule has 0 radical (unpaired) electrons. The number of hydrogen-bond acceptors (Lipinski definition) is 11. The van der Waals surface area contributed by atoms with Crippen LogP contribution < -0.4 is 10.6 Å². The van der Waals surface area contributed by atoms with E-state index in [0.29, 0.717) is 29.3 Å². The number of benzene rings is 1. The monoisotopic (exact) mass is 593 g/mol. The molecule has 0 bridgehead atoms. The summed E-state index contributed by atoms with van der Waals surface area (Å²) in [6, 6.07) is 5.03. The van der Waals surface area contributed by atoms with Gasteiger partial charge in [-0.1, -0.05) is 35.3 Å². The Balaban J connectivity index is 1.85. The number of piperazine rings is 1. The Bertz CT molecular complexity index is 1310. The highest BCUT2D eigenvalue weighted by molar-refractivity contribution is 6.42. The molecule has 2 aromatic rings. The van der Waals surface area contributed by atoms with E-state index in [9.17, 15) is 9.59 Å². The first-order chi connectivity index (χ1) is 19.3. The number of nitrogens with one attached hydrogen (secondary N) is 2. The first-order valence-electron chi connectivity index (χ1n) is 12.9. The third kappa shape index (κ3) is 6.16. The van der Waals surface area contributed by atoms with Crippen molar-refractivity contribution in [2.24, 2.45) is 0 Å². The molecule has 2 aliphatic rings. The maximum atomic E-state index is 13.7. The number of esters is 2. The lowest BCUT2D eigenvalue weighted by atomic mass is 9.79. The smallest absolute Gasteiger partial charge is 0.336 e. The summed E-state index contributed by atoms with van der Waals surface area (Å²) in [4.78, 5) is 29.1. The van der Waals surface area contributed by atoms with Crippen LogP contribution in [0.5, 0.6) is 0 Å². The maximum Gasteiger partial charge on any atom is 0.336 e. The van der Waals surface area contributed by atoms with Crippen LogP contribution in [-0.2, 0) is 30.3 Å². The summed E-state index contributed by atoms with van der Waals surface area (Å²) < 4.78 is 18.2. The number of hydrogen-bond donors (Lipinski definition) is 2. The normalized spacial score (nSPS) is 18.9. The molecule has 4 rings (SSSR count). The quantitative estimate of drug-likeness (QED) is 0.393. The molecule has 1 aromatic carbocycles. The van der Waals surface area contributed by atoms with Crippen molar-refractivity contribution in [2.75, 3.05) is 53.6 Å². The Kier molecular flexibility index (Phi) is 10.1. The number of halogens is 2. The van der Waals surface area contributed by atoms with Gasteiger partial charge >= 0.3 is 11.9 Å². The lowest BCUT2D eigenvalue weighted by Crippen LogP contribution is -2.44. The number of rotatable bonds is 10. The number of aromatic nitrogens is 4. The second kappa shape index (κ2) is 13.6. The van der Waals surface area contributed by atoms with Crippen molar-refractivity contribution in [3.05, 3.63) is 62.2 Å². The van der Waals surface area contributed by atoms with Crippen LogP contribution in [0.3, 0.4) is 0 Å². The van der Waals surface area contributed by atoms with Gasteiger partial charge in [0.2, 0.25) is 0 Å². The number of carbonyl (C=O) groups is 2. The topological polar surface area (TPSA) is 133 Å². The molecule has 0 spiro atoms. The standard InChI is InChI=1S/C26H33Cl2N7O5/c1-5-40-26(37)20-19(16-7-6-8-17(27)21(16)28)18(25(36)39-4)15(2)30-22(20)23(38-3)24-31-32-33-35(24)14-13-34-11-9-29-10-12-34/h6-8,19,23,29-30H,5,9-14H2,1-4H3. The van der Waals surface area contributed by atoms with E-state index in [2.05, 4.69) is 31.1 Å². The average Bonchev–Trinajstić information content (AvgIpc) is 3.42. The van der Waals surface area contributed by atoms with Crippen molar-refractivity contribution in [1.82, 2.24) is 35.7 Å². The van der Waals surface area contributed by atoms with Gasteiger partial charge in [-0.15, -0.1) is 5.10 Å². The van der Waals surface area contributed by atoms with Gasteiger partial charge < -0.3 is 24.8 Å². The van der Waals surface area contributed by atoms with E-state index in [1.165, 1.54) is 14.2 Å². The van der Waals surface area contributed by atoms with Gasteiger partial charge in [0.05, 0.1) is 53.1 Å². The molecule has 2 unspecified atom stereocenters. The first kappa shape index (κ1) is 29.9. The van der Waals surface area contributed by atoms with Crippen molar-refractivity contribution >= 4 is 35.1 Å². The predicted octanol–water partition coefficient (Wildman–Crippen LogP) is 2.22. The Morgan fingerprint density at radius 2 is 1.88 bits per heavy atom. The van der Waals surface area contributed by atoms with Gasteiger partial charge in [-0.05, 0) is 35.9 Å². The molecule has 2 N–H and O–H groups in total. The number of ether oxygens (including phenoxy) is 3. The number of carbonyl (C=O) groups excluding carboxylic acids is 2. The highest BCUT2D eigenvalue weighted by Gasteiger charge is 2.43. The highest BCUT2D eigenvalue weighted by atomic mass is 35.5. The van der Waals surface area contributed by atoms with E-state index >= 15 is 0 Å². The van der Waals surface area contributed by atoms with Gasteiger partial charge in [0.1, 0.15) is 0 Å². The summed E-state index contributed by atoms with van der Waals surface area (Å²) in [7, 11) is 2.76. The summed E-state index contributed by atoms with van der Waals surface area (Å²) in [6.45, 7) is 8.44. The molecule has 40 heavy (non-hydrogen) atoms. The van der Waals surface area contributed by atoms with Crippen molar-refractivity contribution in [1.29, 1.82) is 0 Å². The largest absolute Gasteiger partial charge is 0.466 e. The fourth-order valence-electron chi connectivity index (χ4n) is 5.01. The molecular weight excluding hydrogens is 561 g/mol. The molecule has 0 saturated carbocycles. The van der Waals surface area contributed by atoms with E-state index in [1.54, 1.807) is 36.7 Å². The summed E-state index contributed by atoms with van der Waals surface area (Å²) in [5.41, 5.74) is 1.50. The van der Waals surface area contributed by atoms with Gasteiger partial charge in [0.15, 0.2) is 11.9 Å². The zero-order valence-electron chi connectivity index (χ0n) is 22.9. The van der Waals surface area contributed by atoms with Crippen molar-refractivity contribution < 1.29 is 23.8 Å². The zero-order valence-corrected chi connectivity index (χ0v) is 24.4. The molecule has 0 amide bonds. The number of allylic oxidation sites excluding steroid dienone is 1. The van der Waals surface area contributed by atoms with E-state index < -0.39 is 24.0 Å². The highest BCUT2D eigenvalue weighted by Crippen LogP contribution is 2.45. The van der Waals surface area contributed by atoms with Crippen LogP contribution in [0, 0.1) is 0 Å². The zero-order chi connectivity index (χ0) is 28.8. The average molecular weight is 595 g/mol. The van der Waals surface area contributed by atoms with Crippen molar-refractivity contribution in [2.45, 2.75) is 32.4 Å². The molecule has 1 fully saturated rings. The van der Waals surface area contributed by atoms with Crippen LogP contribution >= 0.6 is 23.2 Å². The van der Waals surface area contributed by atoms with Crippen molar-refractivity contribution in [3.63, 3.8) is 0 Å². The fraction of sp³-hybridized carbons (Fsp3) is 0.500. The second-order valence-electron chi connectivity index (χ2n) is 9.25. The van der Waals surface area contributed by atoms with Crippen LogP contribution in [0.4, 0.5) is 0 Å². The van der Waals surface area contributed by atoms with Crippen LogP contribution in [-0.4, -0.2) is 90.6 Å². The van der Waals surface area contributed by atoms with E-state index in [4.69, 9.17) is 37.4 Å². The number of nitrogens with zero attached hydrogens (tertiary/aromatic N) is 5. The maximum absolute atomic E-state index is 13.7. The third-order valence-corrected chi connectivity index (χ3v) is 7.75. The molecule has 2 atom stereocenters. The summed E-state index contributed by atoms with van der Waals surface area (Å²) >= 11 is 13.0. The molecule has 0 aliphatic carbocycles. The van der Waals surface area contributed by atoms with Gasteiger partial charge in [0.25, 0.3) is 0 Å². The Labute approximate surface area is 242 Å². The molecular formula is C26H33Cl2N7O5. The second-order valence-corrected chi connectivity index (χ2v) is 10.0. The van der Waals surface area contributed by atoms with Crippen LogP contribution in [0.15, 0.2) is 40.7 Å². The molecule has 216 valence electrons. The lowest BCUT2D eigenvalue weighted by Gasteiger charge is -2.34. The summed E-state index contributed by atoms with van der Waals surface area (Å²) in [6.07, 6.45) is -0.910. The Hall–Kier alpha value is -3.03. The summed E-state index contributed by atoms with van der Waals surface area (Å²) in [5, 5.41) is 19.3. The molecule has 12 nitrogen and oxygen atoms in total. The van der Waals surface area contributed by atoms with E-state index in [-0.39, 0.29) is 27.8 Å². The SMILES string of the molecule is CCOC(=O)C1=C(C(OC)c2nnnn2CCN2CCNCC2)NC(C)=C(C(=O)OC)C1c1cccc(Cl)c1Cl. The lowest BCUT2D eigenvalue weighted by molar-refractivity contribution is -0.139. The number of dihydropyridines is 1. The van der Waals surface area contributed by atoms with Gasteiger partial charge in [-0.25, -0.2) is 14.3 Å². The molecule has 14 heteroatoms. The minimum absolute atomic E-state index is 0.0992. The first-order valence-corrected chi connectivity index (χ1v) is 13.7. The fourth-order valence-corrected chi connectivity index (χ4v) is 5.43. The van der Waals surface area contributed by atoms with Crippen molar-refractivity contribution in [3.8, 4) is 0 Å². The summed E-state index contributed by atoms with van der Waals surface area (Å²) in [5.74, 6) is -1.90. The minimum atomic E-state index is -0.975. The predicted molar refractivity (Wildman–Crippen MR) is 148 cm³/mol. The minimum Gasteiger partial charge on any atom is -0.466 e. The molecule has 1 saturated heterocycles.